The number of alkyl carbamates (subject to hydrolysis) is 1. The molecule has 1 fully saturated rings. The van der Waals surface area contributed by atoms with E-state index in [1.54, 1.807) is 20.8 Å². The first-order chi connectivity index (χ1) is 12.7. The SMILES string of the molecule is CC(C)(C)OC(=O)N[C@H]1CC[C@@H](C(=O)O)N(C(=O)OCc2ccccc2)C1. The third-order valence-corrected chi connectivity index (χ3v) is 4.03. The van der Waals surface area contributed by atoms with Gasteiger partial charge in [0.15, 0.2) is 0 Å². The van der Waals surface area contributed by atoms with E-state index in [-0.39, 0.29) is 19.6 Å². The molecule has 0 aromatic heterocycles. The van der Waals surface area contributed by atoms with Gasteiger partial charge >= 0.3 is 18.2 Å². The molecule has 1 saturated heterocycles. The molecule has 1 aliphatic rings. The highest BCUT2D eigenvalue weighted by molar-refractivity contribution is 5.80. The van der Waals surface area contributed by atoms with Gasteiger partial charge in [-0.2, -0.15) is 0 Å². The van der Waals surface area contributed by atoms with Crippen molar-refractivity contribution in [3.05, 3.63) is 35.9 Å². The number of likely N-dealkylation sites (tertiary alicyclic amines) is 1. The summed E-state index contributed by atoms with van der Waals surface area (Å²) in [4.78, 5) is 37.0. The summed E-state index contributed by atoms with van der Waals surface area (Å²) in [5.41, 5.74) is 0.162. The van der Waals surface area contributed by atoms with Crippen molar-refractivity contribution >= 4 is 18.2 Å². The molecular formula is C19H26N2O6. The monoisotopic (exact) mass is 378 g/mol. The molecule has 1 aromatic carbocycles. The van der Waals surface area contributed by atoms with Crippen LogP contribution in [0.2, 0.25) is 0 Å². The van der Waals surface area contributed by atoms with Gasteiger partial charge in [-0.05, 0) is 39.2 Å². The van der Waals surface area contributed by atoms with Crippen LogP contribution in [-0.2, 0) is 20.9 Å². The van der Waals surface area contributed by atoms with E-state index >= 15 is 0 Å². The summed E-state index contributed by atoms with van der Waals surface area (Å²) < 4.78 is 10.5. The largest absolute Gasteiger partial charge is 0.480 e. The standard InChI is InChI=1S/C19H26N2O6/c1-19(2,3)27-17(24)20-14-9-10-15(16(22)23)21(11-14)18(25)26-12-13-7-5-4-6-8-13/h4-8,14-15H,9-12H2,1-3H3,(H,20,24)(H,22,23)/t14-,15-/m0/s1. The number of carboxylic acids is 1. The molecule has 0 spiro atoms. The molecular weight excluding hydrogens is 352 g/mol. The first kappa shape index (κ1) is 20.5. The number of ether oxygens (including phenoxy) is 2. The Labute approximate surface area is 158 Å². The number of aliphatic carboxylic acids is 1. The average molecular weight is 378 g/mol. The fourth-order valence-electron chi connectivity index (χ4n) is 2.82. The van der Waals surface area contributed by atoms with Crippen molar-refractivity contribution < 1.29 is 29.0 Å². The molecule has 0 saturated carbocycles. The smallest absolute Gasteiger partial charge is 0.410 e. The van der Waals surface area contributed by atoms with Crippen LogP contribution in [0.1, 0.15) is 39.2 Å². The highest BCUT2D eigenvalue weighted by Crippen LogP contribution is 2.20. The van der Waals surface area contributed by atoms with E-state index in [1.807, 2.05) is 30.3 Å². The van der Waals surface area contributed by atoms with Crippen LogP contribution in [0.25, 0.3) is 0 Å². The second-order valence-electron chi connectivity index (χ2n) is 7.47. The Bertz CT molecular complexity index is 671. The highest BCUT2D eigenvalue weighted by Gasteiger charge is 2.37. The molecule has 2 rings (SSSR count). The predicted molar refractivity (Wildman–Crippen MR) is 97.1 cm³/mol. The molecule has 0 unspecified atom stereocenters. The molecule has 2 atom stereocenters. The molecule has 27 heavy (non-hydrogen) atoms. The first-order valence-electron chi connectivity index (χ1n) is 8.85. The molecule has 8 heteroatoms. The summed E-state index contributed by atoms with van der Waals surface area (Å²) in [5, 5.41) is 12.1. The number of carbonyl (C=O) groups is 3. The van der Waals surface area contributed by atoms with Crippen LogP contribution in [0, 0.1) is 0 Å². The van der Waals surface area contributed by atoms with E-state index < -0.39 is 35.8 Å². The summed E-state index contributed by atoms with van der Waals surface area (Å²) in [5.74, 6) is -1.10. The zero-order valence-electron chi connectivity index (χ0n) is 15.8. The summed E-state index contributed by atoms with van der Waals surface area (Å²) in [6, 6.07) is 7.74. The van der Waals surface area contributed by atoms with Crippen LogP contribution >= 0.6 is 0 Å². The lowest BCUT2D eigenvalue weighted by atomic mass is 9.99. The molecule has 0 bridgehead atoms. The molecule has 0 aliphatic carbocycles. The molecule has 2 amide bonds. The van der Waals surface area contributed by atoms with E-state index in [0.717, 1.165) is 10.5 Å². The number of hydrogen-bond acceptors (Lipinski definition) is 5. The predicted octanol–water partition coefficient (Wildman–Crippen LogP) is 2.77. The van der Waals surface area contributed by atoms with Crippen molar-refractivity contribution in [1.82, 2.24) is 10.2 Å². The number of nitrogens with zero attached hydrogens (tertiary/aromatic N) is 1. The number of benzene rings is 1. The van der Waals surface area contributed by atoms with Crippen molar-refractivity contribution in [3.8, 4) is 0 Å². The molecule has 8 nitrogen and oxygen atoms in total. The minimum atomic E-state index is -1.10. The van der Waals surface area contributed by atoms with Crippen molar-refractivity contribution in [2.24, 2.45) is 0 Å². The molecule has 148 valence electrons. The Hall–Kier alpha value is -2.77. The molecule has 2 N–H and O–H groups in total. The van der Waals surface area contributed by atoms with Gasteiger partial charge in [0.2, 0.25) is 0 Å². The zero-order valence-corrected chi connectivity index (χ0v) is 15.8. The minimum Gasteiger partial charge on any atom is -0.480 e. The second kappa shape index (κ2) is 8.75. The number of amides is 2. The van der Waals surface area contributed by atoms with Crippen LogP contribution in [0.15, 0.2) is 30.3 Å². The fourth-order valence-corrected chi connectivity index (χ4v) is 2.82. The third-order valence-electron chi connectivity index (χ3n) is 4.03. The normalized spacial score (nSPS) is 19.9. The van der Waals surface area contributed by atoms with Crippen molar-refractivity contribution in [2.45, 2.75) is 57.9 Å². The van der Waals surface area contributed by atoms with Gasteiger partial charge in [0.1, 0.15) is 18.2 Å². The maximum Gasteiger partial charge on any atom is 0.410 e. The highest BCUT2D eigenvalue weighted by atomic mass is 16.6. The summed E-state index contributed by atoms with van der Waals surface area (Å²) >= 11 is 0. The zero-order chi connectivity index (χ0) is 20.0. The molecule has 1 aliphatic heterocycles. The number of carbonyl (C=O) groups excluding carboxylic acids is 2. The van der Waals surface area contributed by atoms with Crippen LogP contribution in [0.4, 0.5) is 9.59 Å². The summed E-state index contributed by atoms with van der Waals surface area (Å²) in [6.45, 7) is 5.35. The minimum absolute atomic E-state index is 0.0455. The molecule has 1 aromatic rings. The Morgan fingerprint density at radius 3 is 2.44 bits per heavy atom. The molecule has 1 heterocycles. The van der Waals surface area contributed by atoms with Gasteiger partial charge < -0.3 is 19.9 Å². The van der Waals surface area contributed by atoms with Crippen molar-refractivity contribution in [2.75, 3.05) is 6.54 Å². The number of carboxylic acid groups (broad SMARTS) is 1. The maximum absolute atomic E-state index is 12.4. The molecule has 0 radical (unpaired) electrons. The van der Waals surface area contributed by atoms with Gasteiger partial charge in [0.25, 0.3) is 0 Å². The summed E-state index contributed by atoms with van der Waals surface area (Å²) in [6.07, 6.45) is -0.671. The maximum atomic E-state index is 12.4. The third kappa shape index (κ3) is 6.47. The number of hydrogen-bond donors (Lipinski definition) is 2. The fraction of sp³-hybridized carbons (Fsp3) is 0.526. The number of rotatable bonds is 4. The van der Waals surface area contributed by atoms with Gasteiger partial charge in [-0.15, -0.1) is 0 Å². The quantitative estimate of drug-likeness (QED) is 0.835. The van der Waals surface area contributed by atoms with Crippen molar-refractivity contribution in [3.63, 3.8) is 0 Å². The van der Waals surface area contributed by atoms with Gasteiger partial charge in [0.05, 0.1) is 6.04 Å². The lowest BCUT2D eigenvalue weighted by molar-refractivity contribution is -0.144. The van der Waals surface area contributed by atoms with E-state index in [2.05, 4.69) is 5.32 Å². The first-order valence-corrected chi connectivity index (χ1v) is 8.85. The van der Waals surface area contributed by atoms with Gasteiger partial charge in [0, 0.05) is 6.54 Å². The van der Waals surface area contributed by atoms with Crippen LogP contribution in [0.3, 0.4) is 0 Å². The lowest BCUT2D eigenvalue weighted by Gasteiger charge is -2.37. The van der Waals surface area contributed by atoms with Gasteiger partial charge in [-0.1, -0.05) is 30.3 Å². The Kier molecular flexibility index (Phi) is 6.65. The lowest BCUT2D eigenvalue weighted by Crippen LogP contribution is -2.56. The second-order valence-corrected chi connectivity index (χ2v) is 7.47. The summed E-state index contributed by atoms with van der Waals surface area (Å²) in [7, 11) is 0. The van der Waals surface area contributed by atoms with E-state index in [0.29, 0.717) is 6.42 Å². The van der Waals surface area contributed by atoms with E-state index in [9.17, 15) is 19.5 Å². The van der Waals surface area contributed by atoms with E-state index in [4.69, 9.17) is 9.47 Å². The Balaban J connectivity index is 1.98. The van der Waals surface area contributed by atoms with E-state index in [1.165, 1.54) is 0 Å². The van der Waals surface area contributed by atoms with Crippen LogP contribution in [0.5, 0.6) is 0 Å². The Morgan fingerprint density at radius 2 is 1.85 bits per heavy atom. The van der Waals surface area contributed by atoms with Gasteiger partial charge in [-0.25, -0.2) is 14.4 Å². The van der Waals surface area contributed by atoms with Crippen LogP contribution < -0.4 is 5.32 Å². The van der Waals surface area contributed by atoms with Crippen LogP contribution in [-0.4, -0.2) is 52.4 Å². The van der Waals surface area contributed by atoms with Gasteiger partial charge in [-0.3, -0.25) is 4.90 Å². The number of piperidine rings is 1. The van der Waals surface area contributed by atoms with Crippen molar-refractivity contribution in [1.29, 1.82) is 0 Å². The Morgan fingerprint density at radius 1 is 1.19 bits per heavy atom. The number of nitrogens with one attached hydrogen (secondary N) is 1. The topological polar surface area (TPSA) is 105 Å². The average Bonchev–Trinajstić information content (AvgIpc) is 2.58.